The van der Waals surface area contributed by atoms with Crippen molar-refractivity contribution in [2.75, 3.05) is 0 Å². The molecule has 1 aromatic heterocycles. The number of aromatic nitrogens is 1. The fourth-order valence-corrected chi connectivity index (χ4v) is 1.17. The van der Waals surface area contributed by atoms with E-state index in [1.165, 1.54) is 0 Å². The standard InChI is InChI=1S/C12H19NO/c1-9(2)14-10-6-7-11(13-8-10)12(3,4)5/h6-9H,1-5H3. The average molecular weight is 193 g/mol. The molecule has 14 heavy (non-hydrogen) atoms. The van der Waals surface area contributed by atoms with Gasteiger partial charge in [-0.3, -0.25) is 4.98 Å². The van der Waals surface area contributed by atoms with Crippen molar-refractivity contribution in [1.82, 2.24) is 4.98 Å². The predicted octanol–water partition coefficient (Wildman–Crippen LogP) is 3.17. The molecule has 1 rings (SSSR count). The van der Waals surface area contributed by atoms with Gasteiger partial charge in [0.25, 0.3) is 0 Å². The maximum absolute atomic E-state index is 5.52. The van der Waals surface area contributed by atoms with Gasteiger partial charge in [-0.15, -0.1) is 0 Å². The van der Waals surface area contributed by atoms with E-state index in [1.54, 1.807) is 6.20 Å². The molecule has 0 fully saturated rings. The highest BCUT2D eigenvalue weighted by atomic mass is 16.5. The molecule has 0 unspecified atom stereocenters. The normalized spacial score (nSPS) is 11.9. The van der Waals surface area contributed by atoms with Crippen LogP contribution >= 0.6 is 0 Å². The Labute approximate surface area is 86.3 Å². The zero-order valence-corrected chi connectivity index (χ0v) is 9.66. The van der Waals surface area contributed by atoms with E-state index in [4.69, 9.17) is 4.74 Å². The number of ether oxygens (including phenoxy) is 1. The molecule has 0 saturated carbocycles. The van der Waals surface area contributed by atoms with Gasteiger partial charge in [0, 0.05) is 11.1 Å². The molecule has 0 aliphatic rings. The molecule has 78 valence electrons. The van der Waals surface area contributed by atoms with E-state index >= 15 is 0 Å². The second-order valence-electron chi connectivity index (χ2n) is 4.80. The molecule has 1 aromatic rings. The molecule has 0 bridgehead atoms. The number of hydrogen-bond acceptors (Lipinski definition) is 2. The van der Waals surface area contributed by atoms with Crippen LogP contribution in [-0.2, 0) is 5.41 Å². The molecule has 2 heteroatoms. The zero-order valence-electron chi connectivity index (χ0n) is 9.66. The molecule has 0 saturated heterocycles. The molecule has 0 aromatic carbocycles. The summed E-state index contributed by atoms with van der Waals surface area (Å²) < 4.78 is 5.52. The summed E-state index contributed by atoms with van der Waals surface area (Å²) in [5, 5.41) is 0. The van der Waals surface area contributed by atoms with E-state index in [0.717, 1.165) is 11.4 Å². The third kappa shape index (κ3) is 3.02. The van der Waals surface area contributed by atoms with Gasteiger partial charge < -0.3 is 4.74 Å². The lowest BCUT2D eigenvalue weighted by Crippen LogP contribution is -2.13. The third-order valence-electron chi connectivity index (χ3n) is 1.88. The lowest BCUT2D eigenvalue weighted by molar-refractivity contribution is 0.241. The van der Waals surface area contributed by atoms with Gasteiger partial charge in [-0.1, -0.05) is 20.8 Å². The number of hydrogen-bond donors (Lipinski definition) is 0. The summed E-state index contributed by atoms with van der Waals surface area (Å²) in [6, 6.07) is 4.01. The number of nitrogens with zero attached hydrogens (tertiary/aromatic N) is 1. The minimum atomic E-state index is 0.108. The van der Waals surface area contributed by atoms with E-state index in [1.807, 2.05) is 26.0 Å². The number of pyridine rings is 1. The molecule has 0 N–H and O–H groups in total. The van der Waals surface area contributed by atoms with Gasteiger partial charge in [-0.25, -0.2) is 0 Å². The molecule has 0 radical (unpaired) electrons. The van der Waals surface area contributed by atoms with Crippen LogP contribution in [0, 0.1) is 0 Å². The van der Waals surface area contributed by atoms with Crippen LogP contribution in [0.1, 0.15) is 40.3 Å². The van der Waals surface area contributed by atoms with Crippen LogP contribution in [0.15, 0.2) is 18.3 Å². The Hall–Kier alpha value is -1.05. The molecule has 0 aliphatic carbocycles. The molecule has 0 aliphatic heterocycles. The first-order valence-corrected chi connectivity index (χ1v) is 5.03. The molecule has 2 nitrogen and oxygen atoms in total. The fourth-order valence-electron chi connectivity index (χ4n) is 1.17. The minimum Gasteiger partial charge on any atom is -0.489 e. The van der Waals surface area contributed by atoms with E-state index in [0.29, 0.717) is 0 Å². The van der Waals surface area contributed by atoms with E-state index in [2.05, 4.69) is 25.8 Å². The molecule has 0 atom stereocenters. The summed E-state index contributed by atoms with van der Waals surface area (Å²) in [4.78, 5) is 4.38. The quantitative estimate of drug-likeness (QED) is 0.719. The third-order valence-corrected chi connectivity index (χ3v) is 1.88. The number of rotatable bonds is 2. The summed E-state index contributed by atoms with van der Waals surface area (Å²) in [6.45, 7) is 10.5. The monoisotopic (exact) mass is 193 g/mol. The van der Waals surface area contributed by atoms with E-state index < -0.39 is 0 Å². The van der Waals surface area contributed by atoms with Crippen LogP contribution in [0.2, 0.25) is 0 Å². The van der Waals surface area contributed by atoms with Crippen molar-refractivity contribution in [2.24, 2.45) is 0 Å². The first kappa shape index (κ1) is 11.0. The molecular formula is C12H19NO. The predicted molar refractivity (Wildman–Crippen MR) is 58.7 cm³/mol. The van der Waals surface area contributed by atoms with E-state index in [-0.39, 0.29) is 11.5 Å². The van der Waals surface area contributed by atoms with Crippen LogP contribution < -0.4 is 4.74 Å². The lowest BCUT2D eigenvalue weighted by atomic mass is 9.92. The second kappa shape index (κ2) is 3.99. The molecule has 0 amide bonds. The van der Waals surface area contributed by atoms with Crippen molar-refractivity contribution in [3.8, 4) is 5.75 Å². The van der Waals surface area contributed by atoms with Gasteiger partial charge in [0.15, 0.2) is 0 Å². The largest absolute Gasteiger partial charge is 0.489 e. The Morgan fingerprint density at radius 3 is 2.21 bits per heavy atom. The van der Waals surface area contributed by atoms with Crippen LogP contribution in [0.25, 0.3) is 0 Å². The summed E-state index contributed by atoms with van der Waals surface area (Å²) in [5.41, 5.74) is 1.20. The van der Waals surface area contributed by atoms with Crippen LogP contribution in [0.4, 0.5) is 0 Å². The second-order valence-corrected chi connectivity index (χ2v) is 4.80. The summed E-state index contributed by atoms with van der Waals surface area (Å²) in [7, 11) is 0. The van der Waals surface area contributed by atoms with Crippen molar-refractivity contribution in [1.29, 1.82) is 0 Å². The Morgan fingerprint density at radius 1 is 1.21 bits per heavy atom. The zero-order chi connectivity index (χ0) is 10.8. The Balaban J connectivity index is 2.79. The van der Waals surface area contributed by atoms with Gasteiger partial charge in [-0.2, -0.15) is 0 Å². The van der Waals surface area contributed by atoms with Crippen molar-refractivity contribution in [3.05, 3.63) is 24.0 Å². The van der Waals surface area contributed by atoms with Gasteiger partial charge >= 0.3 is 0 Å². The Kier molecular flexibility index (Phi) is 3.14. The Morgan fingerprint density at radius 2 is 1.86 bits per heavy atom. The van der Waals surface area contributed by atoms with Crippen molar-refractivity contribution >= 4 is 0 Å². The first-order valence-electron chi connectivity index (χ1n) is 5.03. The highest BCUT2D eigenvalue weighted by Crippen LogP contribution is 2.21. The van der Waals surface area contributed by atoms with E-state index in [9.17, 15) is 0 Å². The molecular weight excluding hydrogens is 174 g/mol. The van der Waals surface area contributed by atoms with Gasteiger partial charge in [0.1, 0.15) is 5.75 Å². The van der Waals surface area contributed by atoms with Crippen molar-refractivity contribution in [2.45, 2.75) is 46.1 Å². The Bertz CT molecular complexity index is 282. The van der Waals surface area contributed by atoms with Gasteiger partial charge in [-0.05, 0) is 26.0 Å². The lowest BCUT2D eigenvalue weighted by Gasteiger charge is -2.18. The van der Waals surface area contributed by atoms with Crippen LogP contribution in [0.3, 0.4) is 0 Å². The van der Waals surface area contributed by atoms with Crippen molar-refractivity contribution < 1.29 is 4.74 Å². The molecule has 0 spiro atoms. The minimum absolute atomic E-state index is 0.108. The summed E-state index contributed by atoms with van der Waals surface area (Å²) in [6.07, 6.45) is 2.00. The molecule has 1 heterocycles. The van der Waals surface area contributed by atoms with Gasteiger partial charge in [0.2, 0.25) is 0 Å². The van der Waals surface area contributed by atoms with Crippen molar-refractivity contribution in [3.63, 3.8) is 0 Å². The maximum atomic E-state index is 5.52. The fraction of sp³-hybridized carbons (Fsp3) is 0.583. The van der Waals surface area contributed by atoms with Gasteiger partial charge in [0.05, 0.1) is 12.3 Å². The SMILES string of the molecule is CC(C)Oc1ccc(C(C)(C)C)nc1. The van der Waals surface area contributed by atoms with Crippen LogP contribution in [-0.4, -0.2) is 11.1 Å². The maximum Gasteiger partial charge on any atom is 0.137 e. The first-order chi connectivity index (χ1) is 6.39. The highest BCUT2D eigenvalue weighted by molar-refractivity contribution is 5.23. The van der Waals surface area contributed by atoms with Crippen LogP contribution in [0.5, 0.6) is 5.75 Å². The summed E-state index contributed by atoms with van der Waals surface area (Å²) in [5.74, 6) is 0.841. The topological polar surface area (TPSA) is 22.1 Å². The average Bonchev–Trinajstić information content (AvgIpc) is 2.02. The highest BCUT2D eigenvalue weighted by Gasteiger charge is 2.14. The smallest absolute Gasteiger partial charge is 0.137 e. The summed E-state index contributed by atoms with van der Waals surface area (Å²) >= 11 is 0.